The van der Waals surface area contributed by atoms with E-state index in [1.807, 2.05) is 42.2 Å². The molecule has 0 aliphatic heterocycles. The minimum absolute atomic E-state index is 0.0549. The highest BCUT2D eigenvalue weighted by Crippen LogP contribution is 2.33. The number of nitro groups is 1. The summed E-state index contributed by atoms with van der Waals surface area (Å²) in [5, 5.41) is 11.6. The molecular weight excluding hydrogens is 348 g/mol. The molecule has 0 heterocycles. The van der Waals surface area contributed by atoms with Crippen LogP contribution in [0.5, 0.6) is 5.75 Å². The molecule has 27 heavy (non-hydrogen) atoms. The molecule has 0 unspecified atom stereocenters. The SMILES string of the molecule is CCCN(Cc1ccccc1)c1ccc(OCC(=O)OCC)cc1[N+](=O)[O-]. The molecule has 0 bridgehead atoms. The zero-order chi connectivity index (χ0) is 19.6. The Bertz CT molecular complexity index is 764. The van der Waals surface area contributed by atoms with Crippen molar-refractivity contribution in [3.05, 3.63) is 64.2 Å². The number of hydrogen-bond donors (Lipinski definition) is 0. The van der Waals surface area contributed by atoms with Crippen molar-refractivity contribution in [1.82, 2.24) is 0 Å². The van der Waals surface area contributed by atoms with E-state index in [4.69, 9.17) is 9.47 Å². The lowest BCUT2D eigenvalue weighted by Crippen LogP contribution is -2.24. The van der Waals surface area contributed by atoms with E-state index in [0.717, 1.165) is 12.0 Å². The number of nitro benzene ring substituents is 1. The molecule has 0 aromatic heterocycles. The fraction of sp³-hybridized carbons (Fsp3) is 0.350. The monoisotopic (exact) mass is 372 g/mol. The number of carbonyl (C=O) groups is 1. The highest BCUT2D eigenvalue weighted by atomic mass is 16.6. The van der Waals surface area contributed by atoms with Gasteiger partial charge in [-0.1, -0.05) is 37.3 Å². The Hall–Kier alpha value is -3.09. The van der Waals surface area contributed by atoms with Crippen LogP contribution in [0.4, 0.5) is 11.4 Å². The van der Waals surface area contributed by atoms with Crippen molar-refractivity contribution in [3.63, 3.8) is 0 Å². The molecule has 2 aromatic rings. The highest BCUT2D eigenvalue weighted by molar-refractivity contribution is 5.71. The van der Waals surface area contributed by atoms with Gasteiger partial charge in [0.05, 0.1) is 17.6 Å². The van der Waals surface area contributed by atoms with Crippen LogP contribution in [0, 0.1) is 10.1 Å². The number of ether oxygens (including phenoxy) is 2. The van der Waals surface area contributed by atoms with Gasteiger partial charge in [0.25, 0.3) is 5.69 Å². The second-order valence-corrected chi connectivity index (χ2v) is 5.91. The summed E-state index contributed by atoms with van der Waals surface area (Å²) in [7, 11) is 0. The largest absolute Gasteiger partial charge is 0.482 e. The summed E-state index contributed by atoms with van der Waals surface area (Å²) in [6, 6.07) is 14.5. The number of benzene rings is 2. The molecule has 0 amide bonds. The molecule has 0 saturated heterocycles. The standard InChI is InChI=1S/C20H24N2O5/c1-3-12-21(14-16-8-6-5-7-9-16)18-11-10-17(13-19(18)22(24)25)27-15-20(23)26-4-2/h5-11,13H,3-4,12,14-15H2,1-2H3. The molecule has 144 valence electrons. The van der Waals surface area contributed by atoms with Crippen LogP contribution in [0.25, 0.3) is 0 Å². The Kier molecular flexibility index (Phi) is 7.61. The molecule has 0 spiro atoms. The Labute approximate surface area is 158 Å². The third kappa shape index (κ3) is 5.99. The van der Waals surface area contributed by atoms with Crippen LogP contribution < -0.4 is 9.64 Å². The van der Waals surface area contributed by atoms with Crippen molar-refractivity contribution in [2.45, 2.75) is 26.8 Å². The minimum Gasteiger partial charge on any atom is -0.482 e. The van der Waals surface area contributed by atoms with Gasteiger partial charge < -0.3 is 14.4 Å². The van der Waals surface area contributed by atoms with E-state index < -0.39 is 10.9 Å². The molecule has 0 saturated carbocycles. The first kappa shape index (κ1) is 20.2. The van der Waals surface area contributed by atoms with Gasteiger partial charge in [0.2, 0.25) is 0 Å². The summed E-state index contributed by atoms with van der Waals surface area (Å²) in [4.78, 5) is 24.6. The Morgan fingerprint density at radius 2 is 1.89 bits per heavy atom. The first-order valence-electron chi connectivity index (χ1n) is 8.90. The Morgan fingerprint density at radius 1 is 1.15 bits per heavy atom. The van der Waals surface area contributed by atoms with Gasteiger partial charge in [0.15, 0.2) is 6.61 Å². The van der Waals surface area contributed by atoms with Gasteiger partial charge in [-0.25, -0.2) is 4.79 Å². The van der Waals surface area contributed by atoms with E-state index in [1.165, 1.54) is 6.07 Å². The summed E-state index contributed by atoms with van der Waals surface area (Å²) in [5.74, 6) is -0.254. The smallest absolute Gasteiger partial charge is 0.344 e. The molecule has 0 atom stereocenters. The normalized spacial score (nSPS) is 10.3. The average Bonchev–Trinajstić information content (AvgIpc) is 2.67. The van der Waals surface area contributed by atoms with E-state index in [9.17, 15) is 14.9 Å². The molecule has 7 heteroatoms. The second-order valence-electron chi connectivity index (χ2n) is 5.91. The highest BCUT2D eigenvalue weighted by Gasteiger charge is 2.21. The number of hydrogen-bond acceptors (Lipinski definition) is 6. The lowest BCUT2D eigenvalue weighted by Gasteiger charge is -2.24. The van der Waals surface area contributed by atoms with Gasteiger partial charge >= 0.3 is 5.97 Å². The fourth-order valence-corrected chi connectivity index (χ4v) is 2.71. The van der Waals surface area contributed by atoms with Crippen molar-refractivity contribution in [1.29, 1.82) is 0 Å². The molecule has 7 nitrogen and oxygen atoms in total. The van der Waals surface area contributed by atoms with Gasteiger partial charge in [0.1, 0.15) is 11.4 Å². The number of rotatable bonds is 10. The van der Waals surface area contributed by atoms with Gasteiger partial charge in [-0.15, -0.1) is 0 Å². The molecule has 0 N–H and O–H groups in total. The summed E-state index contributed by atoms with van der Waals surface area (Å²) >= 11 is 0. The maximum Gasteiger partial charge on any atom is 0.344 e. The minimum atomic E-state index is -0.513. The molecule has 2 rings (SSSR count). The average molecular weight is 372 g/mol. The lowest BCUT2D eigenvalue weighted by molar-refractivity contribution is -0.384. The quantitative estimate of drug-likeness (QED) is 0.357. The first-order chi connectivity index (χ1) is 13.0. The lowest BCUT2D eigenvalue weighted by atomic mass is 10.1. The van der Waals surface area contributed by atoms with E-state index in [1.54, 1.807) is 19.1 Å². The number of carbonyl (C=O) groups excluding carboxylic acids is 1. The molecule has 2 aromatic carbocycles. The maximum atomic E-state index is 11.6. The van der Waals surface area contributed by atoms with Crippen LogP contribution in [-0.2, 0) is 16.1 Å². The Morgan fingerprint density at radius 3 is 2.52 bits per heavy atom. The van der Waals surface area contributed by atoms with Gasteiger partial charge in [-0.05, 0) is 31.0 Å². The van der Waals surface area contributed by atoms with Crippen molar-refractivity contribution < 1.29 is 19.2 Å². The summed E-state index contributed by atoms with van der Waals surface area (Å²) in [5.41, 5.74) is 1.54. The molecule has 0 aliphatic rings. The number of nitrogens with zero attached hydrogens (tertiary/aromatic N) is 2. The fourth-order valence-electron chi connectivity index (χ4n) is 2.71. The van der Waals surface area contributed by atoms with Crippen molar-refractivity contribution in [2.24, 2.45) is 0 Å². The number of anilines is 1. The predicted octanol–water partition coefficient (Wildman–Crippen LogP) is 3.95. The maximum absolute atomic E-state index is 11.6. The molecule has 0 aliphatic carbocycles. The van der Waals surface area contributed by atoms with Crippen LogP contribution in [-0.4, -0.2) is 30.7 Å². The van der Waals surface area contributed by atoms with Gasteiger partial charge in [-0.3, -0.25) is 10.1 Å². The van der Waals surface area contributed by atoms with Crippen LogP contribution in [0.3, 0.4) is 0 Å². The summed E-state index contributed by atoms with van der Waals surface area (Å²) < 4.78 is 10.1. The molecule has 0 fully saturated rings. The third-order valence-electron chi connectivity index (χ3n) is 3.86. The second kappa shape index (κ2) is 10.2. The van der Waals surface area contributed by atoms with E-state index in [-0.39, 0.29) is 24.7 Å². The van der Waals surface area contributed by atoms with Crippen LogP contribution in [0.2, 0.25) is 0 Å². The van der Waals surface area contributed by atoms with E-state index in [2.05, 4.69) is 0 Å². The zero-order valence-corrected chi connectivity index (χ0v) is 15.6. The topological polar surface area (TPSA) is 81.9 Å². The van der Waals surface area contributed by atoms with Crippen LogP contribution in [0.1, 0.15) is 25.8 Å². The third-order valence-corrected chi connectivity index (χ3v) is 3.86. The molecular formula is C20H24N2O5. The zero-order valence-electron chi connectivity index (χ0n) is 15.6. The van der Waals surface area contributed by atoms with Crippen molar-refractivity contribution >= 4 is 17.3 Å². The van der Waals surface area contributed by atoms with E-state index >= 15 is 0 Å². The first-order valence-corrected chi connectivity index (χ1v) is 8.90. The van der Waals surface area contributed by atoms with Crippen LogP contribution >= 0.6 is 0 Å². The van der Waals surface area contributed by atoms with Crippen molar-refractivity contribution in [3.8, 4) is 5.75 Å². The summed E-state index contributed by atoms with van der Waals surface area (Å²) in [6.07, 6.45) is 0.852. The van der Waals surface area contributed by atoms with E-state index in [0.29, 0.717) is 18.8 Å². The predicted molar refractivity (Wildman–Crippen MR) is 103 cm³/mol. The van der Waals surface area contributed by atoms with Crippen LogP contribution in [0.15, 0.2) is 48.5 Å². The van der Waals surface area contributed by atoms with Crippen molar-refractivity contribution in [2.75, 3.05) is 24.7 Å². The number of esters is 1. The van der Waals surface area contributed by atoms with Gasteiger partial charge in [0, 0.05) is 13.1 Å². The van der Waals surface area contributed by atoms with Gasteiger partial charge in [-0.2, -0.15) is 0 Å². The molecule has 0 radical (unpaired) electrons. The summed E-state index contributed by atoms with van der Waals surface area (Å²) in [6.45, 7) is 4.95. The Balaban J connectivity index is 2.24.